The van der Waals surface area contributed by atoms with Crippen LogP contribution < -0.4 is 10.1 Å². The molecule has 0 radical (unpaired) electrons. The number of hydrogen-bond donors (Lipinski definition) is 1. The number of nitrogens with one attached hydrogen (secondary N) is 1. The van der Waals surface area contributed by atoms with E-state index in [0.717, 1.165) is 72.2 Å². The van der Waals surface area contributed by atoms with E-state index in [9.17, 15) is 4.79 Å². The molecular formula is C29H40N4O4. The molecule has 1 fully saturated rings. The lowest BCUT2D eigenvalue weighted by Gasteiger charge is -2.23. The predicted octanol–water partition coefficient (Wildman–Crippen LogP) is 6.60. The molecule has 1 N–H and O–H groups in total. The number of ether oxygens (including phenoxy) is 3. The number of nitrogens with zero attached hydrogens (tertiary/aromatic N) is 3. The number of carbonyl (C=O) groups excluding carboxylic acids is 1. The average molecular weight is 509 g/mol. The fraction of sp³-hybridized carbons (Fsp3) is 0.552. The van der Waals surface area contributed by atoms with E-state index in [4.69, 9.17) is 19.2 Å². The van der Waals surface area contributed by atoms with Crippen LogP contribution in [0.1, 0.15) is 84.4 Å². The van der Waals surface area contributed by atoms with E-state index < -0.39 is 5.60 Å². The molecule has 4 rings (SSSR count). The van der Waals surface area contributed by atoms with Crippen LogP contribution in [-0.2, 0) is 9.47 Å². The van der Waals surface area contributed by atoms with Crippen LogP contribution in [0, 0.1) is 0 Å². The molecule has 1 aliphatic rings. The molecule has 200 valence electrons. The molecule has 37 heavy (non-hydrogen) atoms. The van der Waals surface area contributed by atoms with Crippen LogP contribution in [0.15, 0.2) is 36.7 Å². The molecule has 2 aromatic heterocycles. The number of rotatable bonds is 9. The van der Waals surface area contributed by atoms with Gasteiger partial charge in [-0.1, -0.05) is 13.0 Å². The second-order valence-electron chi connectivity index (χ2n) is 10.5. The lowest BCUT2D eigenvalue weighted by molar-refractivity contribution is -0.0366. The third-order valence-electron chi connectivity index (χ3n) is 6.64. The van der Waals surface area contributed by atoms with E-state index in [1.165, 1.54) is 0 Å². The number of carbonyl (C=O) groups is 1. The normalized spacial score (nSPS) is 16.9. The zero-order valence-corrected chi connectivity index (χ0v) is 22.8. The second-order valence-corrected chi connectivity index (χ2v) is 10.5. The maximum atomic E-state index is 12.0. The highest BCUT2D eigenvalue weighted by atomic mass is 16.6. The summed E-state index contributed by atoms with van der Waals surface area (Å²) in [6, 6.07) is 8.34. The van der Waals surface area contributed by atoms with Crippen molar-refractivity contribution in [2.24, 2.45) is 0 Å². The van der Waals surface area contributed by atoms with Gasteiger partial charge in [-0.25, -0.2) is 9.48 Å². The van der Waals surface area contributed by atoms with Gasteiger partial charge >= 0.3 is 6.09 Å². The Balaban J connectivity index is 1.51. The van der Waals surface area contributed by atoms with Crippen molar-refractivity contribution in [3.63, 3.8) is 0 Å². The Morgan fingerprint density at radius 1 is 1.19 bits per heavy atom. The van der Waals surface area contributed by atoms with E-state index in [0.29, 0.717) is 19.1 Å². The van der Waals surface area contributed by atoms with Crippen molar-refractivity contribution >= 4 is 17.0 Å². The summed E-state index contributed by atoms with van der Waals surface area (Å²) in [6.45, 7) is 11.6. The average Bonchev–Trinajstić information content (AvgIpc) is 3.31. The Kier molecular flexibility index (Phi) is 8.69. The minimum absolute atomic E-state index is 0.0280. The number of alkyl carbamates (subject to hydrolysis) is 1. The van der Waals surface area contributed by atoms with Crippen LogP contribution in [0.2, 0.25) is 0 Å². The third-order valence-corrected chi connectivity index (χ3v) is 6.64. The number of amides is 1. The van der Waals surface area contributed by atoms with Crippen molar-refractivity contribution in [1.29, 1.82) is 0 Å². The Labute approximate surface area is 219 Å². The van der Waals surface area contributed by atoms with Crippen LogP contribution in [-0.4, -0.2) is 46.2 Å². The minimum atomic E-state index is -0.500. The summed E-state index contributed by atoms with van der Waals surface area (Å²) in [5.41, 5.74) is 3.47. The van der Waals surface area contributed by atoms with Gasteiger partial charge in [-0.3, -0.25) is 4.98 Å². The molecule has 0 saturated carbocycles. The molecule has 3 aromatic rings. The van der Waals surface area contributed by atoms with Crippen LogP contribution >= 0.6 is 0 Å². The van der Waals surface area contributed by atoms with Gasteiger partial charge in [-0.05, 0) is 89.5 Å². The summed E-state index contributed by atoms with van der Waals surface area (Å²) in [5, 5.41) is 8.49. The van der Waals surface area contributed by atoms with Gasteiger partial charge in [0.15, 0.2) is 6.23 Å². The van der Waals surface area contributed by atoms with Gasteiger partial charge < -0.3 is 19.5 Å². The Bertz CT molecular complexity index is 1180. The molecule has 2 atom stereocenters. The predicted molar refractivity (Wildman–Crippen MR) is 145 cm³/mol. The number of hydrogen-bond acceptors (Lipinski definition) is 6. The fourth-order valence-corrected chi connectivity index (χ4v) is 4.82. The summed E-state index contributed by atoms with van der Waals surface area (Å²) in [4.78, 5) is 16.8. The molecule has 1 aliphatic heterocycles. The first kappa shape index (κ1) is 26.9. The van der Waals surface area contributed by atoms with Gasteiger partial charge in [0.1, 0.15) is 11.4 Å². The summed E-state index contributed by atoms with van der Waals surface area (Å²) < 4.78 is 19.4. The van der Waals surface area contributed by atoms with Gasteiger partial charge in [-0.2, -0.15) is 5.10 Å². The highest BCUT2D eigenvalue weighted by molar-refractivity contribution is 5.92. The maximum absolute atomic E-state index is 12.0. The minimum Gasteiger partial charge on any atom is -0.492 e. The maximum Gasteiger partial charge on any atom is 0.407 e. The van der Waals surface area contributed by atoms with Crippen LogP contribution in [0.25, 0.3) is 22.2 Å². The number of pyridine rings is 1. The topological polar surface area (TPSA) is 87.5 Å². The van der Waals surface area contributed by atoms with Crippen LogP contribution in [0.3, 0.4) is 0 Å². The summed E-state index contributed by atoms with van der Waals surface area (Å²) >= 11 is 0. The van der Waals surface area contributed by atoms with Crippen molar-refractivity contribution in [3.8, 4) is 17.0 Å². The monoisotopic (exact) mass is 508 g/mol. The van der Waals surface area contributed by atoms with Crippen molar-refractivity contribution in [2.45, 2.75) is 84.5 Å². The summed E-state index contributed by atoms with van der Waals surface area (Å²) in [5.74, 6) is 1.09. The first-order valence-corrected chi connectivity index (χ1v) is 13.5. The Hall–Kier alpha value is -3.13. The van der Waals surface area contributed by atoms with Crippen molar-refractivity contribution in [2.75, 3.05) is 19.8 Å². The number of fused-ring (bicyclic) bond motifs is 1. The summed E-state index contributed by atoms with van der Waals surface area (Å²) in [6.07, 6.45) is 8.39. The van der Waals surface area contributed by atoms with Crippen molar-refractivity contribution in [3.05, 3.63) is 42.2 Å². The van der Waals surface area contributed by atoms with Gasteiger partial charge in [-0.15, -0.1) is 0 Å². The zero-order chi connectivity index (χ0) is 26.4. The van der Waals surface area contributed by atoms with Gasteiger partial charge in [0, 0.05) is 24.9 Å². The lowest BCUT2D eigenvalue weighted by atomic mass is 9.94. The van der Waals surface area contributed by atoms with Crippen LogP contribution in [0.4, 0.5) is 4.79 Å². The largest absolute Gasteiger partial charge is 0.492 e. The molecule has 0 aliphatic carbocycles. The third kappa shape index (κ3) is 6.60. The SMILES string of the molecule is CCOc1c(-c2ccc(C(CC)CCNC(=O)OC(C)(C)C)cn2)ccc2c1cnn2C1CCCCO1. The van der Waals surface area contributed by atoms with Gasteiger partial charge in [0.25, 0.3) is 0 Å². The van der Waals surface area contributed by atoms with Gasteiger partial charge in [0.05, 0.1) is 29.4 Å². The summed E-state index contributed by atoms with van der Waals surface area (Å²) in [7, 11) is 0. The highest BCUT2D eigenvalue weighted by Crippen LogP contribution is 2.38. The fourth-order valence-electron chi connectivity index (χ4n) is 4.82. The van der Waals surface area contributed by atoms with Gasteiger partial charge in [0.2, 0.25) is 0 Å². The zero-order valence-electron chi connectivity index (χ0n) is 22.8. The number of aromatic nitrogens is 3. The van der Waals surface area contributed by atoms with E-state index in [1.54, 1.807) is 0 Å². The van der Waals surface area contributed by atoms with E-state index >= 15 is 0 Å². The van der Waals surface area contributed by atoms with Crippen LogP contribution in [0.5, 0.6) is 5.75 Å². The molecule has 1 amide bonds. The Morgan fingerprint density at radius 2 is 2.03 bits per heavy atom. The quantitative estimate of drug-likeness (QED) is 0.350. The number of benzene rings is 1. The molecule has 8 nitrogen and oxygen atoms in total. The smallest absolute Gasteiger partial charge is 0.407 e. The molecule has 8 heteroatoms. The second kappa shape index (κ2) is 11.9. The Morgan fingerprint density at radius 3 is 2.68 bits per heavy atom. The first-order chi connectivity index (χ1) is 17.8. The van der Waals surface area contributed by atoms with Crippen molar-refractivity contribution in [1.82, 2.24) is 20.1 Å². The van der Waals surface area contributed by atoms with E-state index in [1.807, 2.05) is 44.8 Å². The molecule has 1 saturated heterocycles. The molecular weight excluding hydrogens is 468 g/mol. The molecule has 0 spiro atoms. The first-order valence-electron chi connectivity index (χ1n) is 13.5. The van der Waals surface area contributed by atoms with E-state index in [-0.39, 0.29) is 12.3 Å². The van der Waals surface area contributed by atoms with Crippen molar-refractivity contribution < 1.29 is 19.0 Å². The molecule has 3 heterocycles. The lowest BCUT2D eigenvalue weighted by Crippen LogP contribution is -2.33. The molecule has 0 bridgehead atoms. The molecule has 2 unspecified atom stereocenters. The standard InChI is InChI=1S/C29H40N4O4/c1-6-20(15-16-30-28(34)37-29(3,4)5)21-11-13-24(31-18-21)22-12-14-25-23(27(22)35-7-2)19-32-33(25)26-10-8-9-17-36-26/h11-14,18-20,26H,6-10,15-17H2,1-5H3,(H,30,34). The molecule has 1 aromatic carbocycles. The highest BCUT2D eigenvalue weighted by Gasteiger charge is 2.22. The van der Waals surface area contributed by atoms with E-state index in [2.05, 4.69) is 41.6 Å².